The first-order chi connectivity index (χ1) is 8.17. The van der Waals surface area contributed by atoms with Crippen molar-refractivity contribution in [3.05, 3.63) is 18.6 Å². The van der Waals surface area contributed by atoms with Gasteiger partial charge >= 0.3 is 0 Å². The van der Waals surface area contributed by atoms with Gasteiger partial charge in [-0.1, -0.05) is 11.8 Å². The number of imidazole rings is 1. The summed E-state index contributed by atoms with van der Waals surface area (Å²) in [5.41, 5.74) is 0.667. The van der Waals surface area contributed by atoms with E-state index in [1.807, 2.05) is 0 Å². The quantitative estimate of drug-likeness (QED) is 0.747. The van der Waals surface area contributed by atoms with E-state index in [0.29, 0.717) is 18.1 Å². The molecule has 2 aliphatic heterocycles. The van der Waals surface area contributed by atoms with Crippen LogP contribution in [0.1, 0.15) is 5.69 Å². The van der Waals surface area contributed by atoms with Crippen molar-refractivity contribution < 1.29 is 8.95 Å². The molecule has 90 valence electrons. The fourth-order valence-electron chi connectivity index (χ4n) is 1.80. The molecule has 0 N–H and O–H groups in total. The Hall–Kier alpha value is -1.54. The fraction of sp³-hybridized carbons (Fsp3) is 0.444. The largest absolute Gasteiger partial charge is 0.327 e. The summed E-state index contributed by atoms with van der Waals surface area (Å²) in [6, 6.07) is 0. The molecule has 1 fully saturated rings. The molecule has 1 spiro atoms. The Kier molecular flexibility index (Phi) is 2.17. The van der Waals surface area contributed by atoms with Crippen molar-refractivity contribution in [1.29, 1.82) is 0 Å². The van der Waals surface area contributed by atoms with E-state index in [1.54, 1.807) is 28.2 Å². The van der Waals surface area contributed by atoms with Gasteiger partial charge < -0.3 is 4.74 Å². The molecule has 0 radical (unpaired) electrons. The Balaban J connectivity index is 2.03. The second kappa shape index (κ2) is 3.47. The van der Waals surface area contributed by atoms with E-state index in [-0.39, 0.29) is 5.88 Å². The average molecular weight is 253 g/mol. The highest BCUT2D eigenvalue weighted by atomic mass is 32.2. The fourth-order valence-corrected chi connectivity index (χ4v) is 2.39. The van der Waals surface area contributed by atoms with Gasteiger partial charge in [-0.15, -0.1) is 5.11 Å². The van der Waals surface area contributed by atoms with Gasteiger partial charge in [-0.2, -0.15) is 0 Å². The van der Waals surface area contributed by atoms with Crippen LogP contribution in [-0.4, -0.2) is 37.5 Å². The summed E-state index contributed by atoms with van der Waals surface area (Å²) in [7, 11) is -1.00. The van der Waals surface area contributed by atoms with E-state index in [4.69, 9.17) is 4.74 Å². The Bertz CT molecular complexity index is 533. The number of ether oxygens (including phenoxy) is 1. The second-order valence-corrected chi connectivity index (χ2v) is 5.26. The summed E-state index contributed by atoms with van der Waals surface area (Å²) in [6.07, 6.45) is 4.88. The highest BCUT2D eigenvalue weighted by molar-refractivity contribution is 7.84. The first-order valence-corrected chi connectivity index (χ1v) is 6.73. The van der Waals surface area contributed by atoms with Gasteiger partial charge in [0.05, 0.1) is 0 Å². The van der Waals surface area contributed by atoms with E-state index in [9.17, 15) is 4.21 Å². The molecule has 3 rings (SSSR count). The summed E-state index contributed by atoms with van der Waals surface area (Å²) in [5, 5.41) is 9.69. The smallest absolute Gasteiger partial charge is 0.270 e. The van der Waals surface area contributed by atoms with Crippen molar-refractivity contribution in [3.8, 4) is 0 Å². The predicted molar refractivity (Wildman–Crippen MR) is 61.5 cm³/mol. The van der Waals surface area contributed by atoms with Gasteiger partial charge in [-0.05, 0) is 6.08 Å². The SMILES string of the molecule is C=Cc1ncn2c1N=NN(CS(C)=O)C21CO1. The molecule has 0 amide bonds. The molecule has 7 nitrogen and oxygen atoms in total. The van der Waals surface area contributed by atoms with Gasteiger partial charge in [0, 0.05) is 17.1 Å². The van der Waals surface area contributed by atoms with Crippen molar-refractivity contribution >= 4 is 22.7 Å². The van der Waals surface area contributed by atoms with Crippen molar-refractivity contribution in [1.82, 2.24) is 14.6 Å². The van der Waals surface area contributed by atoms with Crippen LogP contribution in [0.5, 0.6) is 0 Å². The predicted octanol–water partition coefficient (Wildman–Crippen LogP) is 0.817. The van der Waals surface area contributed by atoms with Crippen molar-refractivity contribution in [2.45, 2.75) is 5.85 Å². The van der Waals surface area contributed by atoms with Crippen LogP contribution < -0.4 is 0 Å². The van der Waals surface area contributed by atoms with Crippen LogP contribution >= 0.6 is 0 Å². The molecule has 2 atom stereocenters. The Morgan fingerprint density at radius 3 is 3.12 bits per heavy atom. The van der Waals surface area contributed by atoms with E-state index in [2.05, 4.69) is 21.9 Å². The molecule has 0 bridgehead atoms. The first-order valence-electron chi connectivity index (χ1n) is 5.01. The van der Waals surface area contributed by atoms with Crippen LogP contribution in [0.25, 0.3) is 6.08 Å². The monoisotopic (exact) mass is 253 g/mol. The molecular weight excluding hydrogens is 242 g/mol. The molecule has 2 unspecified atom stereocenters. The maximum atomic E-state index is 11.3. The number of rotatable bonds is 3. The average Bonchev–Trinajstić information content (AvgIpc) is 2.96. The van der Waals surface area contributed by atoms with Crippen LogP contribution in [0.2, 0.25) is 0 Å². The lowest BCUT2D eigenvalue weighted by atomic mass is 10.4. The van der Waals surface area contributed by atoms with Crippen molar-refractivity contribution in [3.63, 3.8) is 0 Å². The third kappa shape index (κ3) is 1.44. The molecule has 0 saturated carbocycles. The van der Waals surface area contributed by atoms with Gasteiger partial charge in [0.15, 0.2) is 5.82 Å². The first kappa shape index (κ1) is 10.6. The zero-order chi connectivity index (χ0) is 12.0. The topological polar surface area (TPSA) is 75.4 Å². The minimum Gasteiger partial charge on any atom is -0.327 e. The van der Waals surface area contributed by atoms with Crippen LogP contribution in [-0.2, 0) is 21.4 Å². The summed E-state index contributed by atoms with van der Waals surface area (Å²) in [4.78, 5) is 4.17. The number of nitrogens with zero attached hydrogens (tertiary/aromatic N) is 5. The lowest BCUT2D eigenvalue weighted by Crippen LogP contribution is -2.40. The molecule has 17 heavy (non-hydrogen) atoms. The molecule has 0 aliphatic carbocycles. The minimum absolute atomic E-state index is 0.282. The zero-order valence-electron chi connectivity index (χ0n) is 9.24. The standard InChI is InChI=1S/C9H11N5O2S/c1-3-7-8-11-12-14(6-17(2)15)9(4-16-9)13(8)5-10-7/h3,5H,1,4,6H2,2H3. The number of epoxide rings is 1. The van der Waals surface area contributed by atoms with E-state index in [0.717, 1.165) is 0 Å². The van der Waals surface area contributed by atoms with E-state index >= 15 is 0 Å². The minimum atomic E-state index is -1.00. The maximum absolute atomic E-state index is 11.3. The molecule has 2 aliphatic rings. The molecule has 1 aromatic rings. The van der Waals surface area contributed by atoms with Gasteiger partial charge in [-0.3, -0.25) is 8.78 Å². The van der Waals surface area contributed by atoms with Crippen LogP contribution in [0, 0.1) is 0 Å². The Morgan fingerprint density at radius 1 is 1.76 bits per heavy atom. The highest BCUT2D eigenvalue weighted by Crippen LogP contribution is 2.44. The number of fused-ring (bicyclic) bond motifs is 2. The third-order valence-corrected chi connectivity index (χ3v) is 3.30. The second-order valence-electron chi connectivity index (χ2n) is 3.85. The lowest BCUT2D eigenvalue weighted by Gasteiger charge is -2.28. The van der Waals surface area contributed by atoms with Gasteiger partial charge in [0.2, 0.25) is 0 Å². The molecule has 8 heteroatoms. The van der Waals surface area contributed by atoms with Crippen molar-refractivity contribution in [2.75, 3.05) is 18.7 Å². The molecule has 0 aromatic carbocycles. The molecule has 1 aromatic heterocycles. The third-order valence-electron chi connectivity index (χ3n) is 2.70. The molecular formula is C9H11N5O2S. The number of hydrogen-bond donors (Lipinski definition) is 0. The van der Waals surface area contributed by atoms with E-state index in [1.165, 1.54) is 0 Å². The molecule has 1 saturated heterocycles. The van der Waals surface area contributed by atoms with Crippen LogP contribution in [0.4, 0.5) is 5.82 Å². The van der Waals surface area contributed by atoms with Crippen LogP contribution in [0.15, 0.2) is 23.2 Å². The summed E-state index contributed by atoms with van der Waals surface area (Å²) in [5.74, 6) is 0.220. The lowest BCUT2D eigenvalue weighted by molar-refractivity contribution is 0.0167. The van der Waals surface area contributed by atoms with Gasteiger partial charge in [-0.25, -0.2) is 9.99 Å². The highest BCUT2D eigenvalue weighted by Gasteiger charge is 2.56. The molecule has 3 heterocycles. The zero-order valence-corrected chi connectivity index (χ0v) is 10.1. The summed E-state index contributed by atoms with van der Waals surface area (Å²) >= 11 is 0. The maximum Gasteiger partial charge on any atom is 0.270 e. The Labute approximate surface area is 100 Å². The van der Waals surface area contributed by atoms with Gasteiger partial charge in [0.1, 0.15) is 24.5 Å². The summed E-state index contributed by atoms with van der Waals surface area (Å²) < 4.78 is 18.5. The Morgan fingerprint density at radius 2 is 2.53 bits per heavy atom. The summed E-state index contributed by atoms with van der Waals surface area (Å²) in [6.45, 7) is 4.16. The van der Waals surface area contributed by atoms with Crippen molar-refractivity contribution in [2.24, 2.45) is 10.3 Å². The van der Waals surface area contributed by atoms with Crippen LogP contribution in [0.3, 0.4) is 0 Å². The normalized spacial score (nSPS) is 27.0. The number of aromatic nitrogens is 2. The van der Waals surface area contributed by atoms with E-state index < -0.39 is 16.6 Å². The number of hydrogen-bond acceptors (Lipinski definition) is 6. The van der Waals surface area contributed by atoms with Gasteiger partial charge in [0.25, 0.3) is 5.85 Å².